The summed E-state index contributed by atoms with van der Waals surface area (Å²) in [5.74, 6) is 5.26. The third kappa shape index (κ3) is 4.95. The average Bonchev–Trinajstić information content (AvgIpc) is 2.37. The zero-order valence-corrected chi connectivity index (χ0v) is 11.6. The lowest BCUT2D eigenvalue weighted by molar-refractivity contribution is -0.384. The second kappa shape index (κ2) is 6.98. The molecule has 0 atom stereocenters. The minimum atomic E-state index is -3.36. The first kappa shape index (κ1) is 16.1. The number of nitrogens with one attached hydrogen (secondary N) is 3. The van der Waals surface area contributed by atoms with Crippen LogP contribution in [0.2, 0.25) is 0 Å². The Kier molecular flexibility index (Phi) is 5.61. The predicted molar refractivity (Wildman–Crippen MR) is 74.7 cm³/mol. The van der Waals surface area contributed by atoms with E-state index in [4.69, 9.17) is 5.84 Å². The van der Waals surface area contributed by atoms with Gasteiger partial charge in [0.05, 0.1) is 22.8 Å². The molecule has 1 aromatic heterocycles. The number of hydrogen-bond donors (Lipinski definition) is 4. The highest BCUT2D eigenvalue weighted by molar-refractivity contribution is 7.89. The van der Waals surface area contributed by atoms with E-state index in [-0.39, 0.29) is 29.6 Å². The molecular weight excluding hydrogens is 288 g/mol. The summed E-state index contributed by atoms with van der Waals surface area (Å²) in [4.78, 5) is 14.1. The van der Waals surface area contributed by atoms with E-state index in [0.29, 0.717) is 6.54 Å². The van der Waals surface area contributed by atoms with Crippen LogP contribution in [0.15, 0.2) is 12.1 Å². The van der Waals surface area contributed by atoms with Crippen molar-refractivity contribution in [1.29, 1.82) is 0 Å². The van der Waals surface area contributed by atoms with Gasteiger partial charge in [-0.05, 0) is 0 Å². The van der Waals surface area contributed by atoms with Crippen LogP contribution < -0.4 is 21.3 Å². The zero-order chi connectivity index (χ0) is 15.2. The van der Waals surface area contributed by atoms with Crippen molar-refractivity contribution in [2.75, 3.05) is 29.6 Å². The predicted octanol–water partition coefficient (Wildman–Crippen LogP) is -0.373. The minimum Gasteiger partial charge on any atom is -0.369 e. The van der Waals surface area contributed by atoms with E-state index < -0.39 is 14.9 Å². The standard InChI is InChI=1S/C9H16N6O4S/c1-2-12-20(18,19)4-3-11-8-5-7(15(16)17)6-9(13-8)14-10/h5-6,12H,2-4,10H2,1H3,(H2,11,13,14). The molecule has 1 heterocycles. The van der Waals surface area contributed by atoms with Crippen LogP contribution in [0, 0.1) is 10.1 Å². The molecule has 0 radical (unpaired) electrons. The molecule has 11 heteroatoms. The van der Waals surface area contributed by atoms with Crippen LogP contribution in [0.1, 0.15) is 6.92 Å². The summed E-state index contributed by atoms with van der Waals surface area (Å²) < 4.78 is 25.1. The molecule has 5 N–H and O–H groups in total. The number of nitrogens with two attached hydrogens (primary N) is 1. The molecule has 1 rings (SSSR count). The number of nitrogens with zero attached hydrogens (tertiary/aromatic N) is 2. The van der Waals surface area contributed by atoms with Crippen molar-refractivity contribution >= 4 is 27.3 Å². The lowest BCUT2D eigenvalue weighted by atomic mass is 10.3. The Morgan fingerprint density at radius 3 is 2.60 bits per heavy atom. The second-order valence-electron chi connectivity index (χ2n) is 3.74. The highest BCUT2D eigenvalue weighted by atomic mass is 32.2. The minimum absolute atomic E-state index is 0.0630. The average molecular weight is 304 g/mol. The number of pyridine rings is 1. The van der Waals surface area contributed by atoms with Gasteiger partial charge in [-0.25, -0.2) is 24.0 Å². The van der Waals surface area contributed by atoms with Crippen LogP contribution >= 0.6 is 0 Å². The Hall–Kier alpha value is -1.98. The van der Waals surface area contributed by atoms with Gasteiger partial charge in [0.1, 0.15) is 11.6 Å². The molecule has 0 fully saturated rings. The fourth-order valence-corrected chi connectivity index (χ4v) is 2.35. The van der Waals surface area contributed by atoms with Gasteiger partial charge in [-0.15, -0.1) is 0 Å². The summed E-state index contributed by atoms with van der Waals surface area (Å²) in [6.45, 7) is 2.04. The molecule has 112 valence electrons. The Morgan fingerprint density at radius 2 is 2.05 bits per heavy atom. The molecule has 10 nitrogen and oxygen atoms in total. The Morgan fingerprint density at radius 1 is 1.40 bits per heavy atom. The molecule has 0 aliphatic carbocycles. The first-order valence-electron chi connectivity index (χ1n) is 5.72. The fraction of sp³-hybridized carbons (Fsp3) is 0.444. The van der Waals surface area contributed by atoms with Crippen molar-refractivity contribution in [3.05, 3.63) is 22.2 Å². The maximum atomic E-state index is 11.4. The van der Waals surface area contributed by atoms with Gasteiger partial charge >= 0.3 is 0 Å². The van der Waals surface area contributed by atoms with Crippen molar-refractivity contribution < 1.29 is 13.3 Å². The molecule has 0 unspecified atom stereocenters. The van der Waals surface area contributed by atoms with E-state index in [9.17, 15) is 18.5 Å². The van der Waals surface area contributed by atoms with E-state index in [1.165, 1.54) is 12.1 Å². The Labute approximate surface area is 115 Å². The van der Waals surface area contributed by atoms with E-state index in [2.05, 4.69) is 20.4 Å². The molecule has 0 saturated heterocycles. The molecule has 0 aromatic carbocycles. The smallest absolute Gasteiger partial charge is 0.276 e. The van der Waals surface area contributed by atoms with Crippen LogP contribution in [-0.4, -0.2) is 37.2 Å². The van der Waals surface area contributed by atoms with Crippen LogP contribution in [-0.2, 0) is 10.0 Å². The van der Waals surface area contributed by atoms with E-state index in [1.54, 1.807) is 6.92 Å². The number of nitro groups is 1. The number of anilines is 2. The van der Waals surface area contributed by atoms with Crippen molar-refractivity contribution in [3.63, 3.8) is 0 Å². The quantitative estimate of drug-likeness (QED) is 0.288. The van der Waals surface area contributed by atoms with Crippen LogP contribution in [0.3, 0.4) is 0 Å². The number of sulfonamides is 1. The van der Waals surface area contributed by atoms with Crippen molar-refractivity contribution in [3.8, 4) is 0 Å². The molecule has 0 aliphatic heterocycles. The maximum absolute atomic E-state index is 11.4. The number of aromatic nitrogens is 1. The summed E-state index contributed by atoms with van der Waals surface area (Å²) in [7, 11) is -3.36. The van der Waals surface area contributed by atoms with Gasteiger partial charge in [-0.2, -0.15) is 0 Å². The molecule has 0 saturated carbocycles. The van der Waals surface area contributed by atoms with Crippen molar-refractivity contribution in [1.82, 2.24) is 9.71 Å². The molecule has 20 heavy (non-hydrogen) atoms. The lowest BCUT2D eigenvalue weighted by Gasteiger charge is -2.08. The van der Waals surface area contributed by atoms with E-state index in [0.717, 1.165) is 0 Å². The monoisotopic (exact) mass is 304 g/mol. The lowest BCUT2D eigenvalue weighted by Crippen LogP contribution is -2.29. The molecule has 0 amide bonds. The molecular formula is C9H16N6O4S. The zero-order valence-electron chi connectivity index (χ0n) is 10.8. The number of nitrogen functional groups attached to an aromatic ring is 1. The number of hydrazine groups is 1. The topological polar surface area (TPSA) is 152 Å². The SMILES string of the molecule is CCNS(=O)(=O)CCNc1cc([N+](=O)[O-])cc(NN)n1. The second-order valence-corrected chi connectivity index (χ2v) is 5.67. The van der Waals surface area contributed by atoms with Gasteiger partial charge in [0.15, 0.2) is 0 Å². The molecule has 0 bridgehead atoms. The third-order valence-corrected chi connectivity index (χ3v) is 3.68. The van der Waals surface area contributed by atoms with Gasteiger partial charge in [0.25, 0.3) is 5.69 Å². The van der Waals surface area contributed by atoms with Gasteiger partial charge < -0.3 is 10.7 Å². The first-order valence-corrected chi connectivity index (χ1v) is 7.37. The van der Waals surface area contributed by atoms with Crippen molar-refractivity contribution in [2.24, 2.45) is 5.84 Å². The summed E-state index contributed by atoms with van der Waals surface area (Å²) in [6.07, 6.45) is 0. The van der Waals surface area contributed by atoms with Gasteiger partial charge in [0.2, 0.25) is 10.0 Å². The van der Waals surface area contributed by atoms with Gasteiger partial charge in [0, 0.05) is 13.1 Å². The summed E-state index contributed by atoms with van der Waals surface area (Å²) >= 11 is 0. The summed E-state index contributed by atoms with van der Waals surface area (Å²) in [6, 6.07) is 2.36. The van der Waals surface area contributed by atoms with Crippen LogP contribution in [0.4, 0.5) is 17.3 Å². The molecule has 1 aromatic rings. The normalized spacial score (nSPS) is 11.1. The van der Waals surface area contributed by atoms with Crippen molar-refractivity contribution in [2.45, 2.75) is 6.92 Å². The van der Waals surface area contributed by atoms with Gasteiger partial charge in [-0.1, -0.05) is 6.92 Å². The number of hydrogen-bond acceptors (Lipinski definition) is 8. The fourth-order valence-electron chi connectivity index (χ4n) is 1.39. The summed E-state index contributed by atoms with van der Waals surface area (Å²) in [5.41, 5.74) is 2.00. The molecule has 0 spiro atoms. The van der Waals surface area contributed by atoms with Crippen LogP contribution in [0.25, 0.3) is 0 Å². The van der Waals surface area contributed by atoms with Crippen LogP contribution in [0.5, 0.6) is 0 Å². The highest BCUT2D eigenvalue weighted by Gasteiger charge is 2.12. The van der Waals surface area contributed by atoms with E-state index in [1.807, 2.05) is 0 Å². The molecule has 0 aliphatic rings. The van der Waals surface area contributed by atoms with Gasteiger partial charge in [-0.3, -0.25) is 10.1 Å². The van der Waals surface area contributed by atoms with E-state index >= 15 is 0 Å². The Bertz CT molecular complexity index is 576. The first-order chi connectivity index (χ1) is 9.38. The number of rotatable bonds is 8. The Balaban J connectivity index is 2.73. The third-order valence-electron chi connectivity index (χ3n) is 2.21. The largest absolute Gasteiger partial charge is 0.369 e. The summed E-state index contributed by atoms with van der Waals surface area (Å²) in [5, 5.41) is 13.4. The highest BCUT2D eigenvalue weighted by Crippen LogP contribution is 2.19. The maximum Gasteiger partial charge on any atom is 0.276 e.